The zero-order valence-corrected chi connectivity index (χ0v) is 21.4. The predicted molar refractivity (Wildman–Crippen MR) is 127 cm³/mol. The van der Waals surface area contributed by atoms with Crippen LogP contribution < -0.4 is 20.3 Å². The normalized spacial score (nSPS) is 18.2. The average molecular weight is 528 g/mol. The van der Waals surface area contributed by atoms with Crippen LogP contribution in [0.3, 0.4) is 0 Å². The second kappa shape index (κ2) is 9.07. The van der Waals surface area contributed by atoms with Gasteiger partial charge in [0.1, 0.15) is 5.75 Å². The first-order valence-electron chi connectivity index (χ1n) is 11.4. The number of carbonyl (C=O) groups excluding carboxylic acids is 1. The number of hydrogen-bond donors (Lipinski definition) is 1. The second-order valence-electron chi connectivity index (χ2n) is 9.93. The summed E-state index contributed by atoms with van der Waals surface area (Å²) in [6.45, 7) is 11.9. The third-order valence-corrected chi connectivity index (χ3v) is 6.74. The van der Waals surface area contributed by atoms with Crippen molar-refractivity contribution in [2.45, 2.75) is 71.3 Å². The first-order valence-corrected chi connectivity index (χ1v) is 11.7. The molecule has 1 N–H and O–H groups in total. The topological polar surface area (TPSA) is 91.8 Å². The van der Waals surface area contributed by atoms with Gasteiger partial charge in [0.2, 0.25) is 0 Å². The van der Waals surface area contributed by atoms with Crippen LogP contribution in [0.2, 0.25) is 5.02 Å². The predicted octanol–water partition coefficient (Wildman–Crippen LogP) is 4.78. The van der Waals surface area contributed by atoms with Crippen molar-refractivity contribution in [1.29, 1.82) is 0 Å². The summed E-state index contributed by atoms with van der Waals surface area (Å²) in [7, 11) is -0.667. The summed E-state index contributed by atoms with van der Waals surface area (Å²) in [4.78, 5) is 20.3. The van der Waals surface area contributed by atoms with E-state index in [1.165, 1.54) is 0 Å². The Morgan fingerprint density at radius 1 is 1.22 bits per heavy atom. The summed E-state index contributed by atoms with van der Waals surface area (Å²) in [6, 6.07) is 1.13. The lowest BCUT2D eigenvalue weighted by Crippen LogP contribution is -2.41. The quantitative estimate of drug-likeness (QED) is 0.560. The molecule has 2 aliphatic heterocycles. The molecular weight excluding hydrogens is 502 g/mol. The lowest BCUT2D eigenvalue weighted by molar-refractivity contribution is -0.167. The number of alkyl halides is 3. The molecule has 8 nitrogen and oxygen atoms in total. The van der Waals surface area contributed by atoms with Crippen LogP contribution in [0.4, 0.5) is 18.9 Å². The molecule has 194 valence electrons. The number of nitrogens with one attached hydrogen (secondary N) is 1. The largest absolute Gasteiger partial charge is 0.498 e. The zero-order valence-electron chi connectivity index (χ0n) is 20.7. The Bertz CT molecular complexity index is 1190. The summed E-state index contributed by atoms with van der Waals surface area (Å²) >= 11 is 6.35. The van der Waals surface area contributed by atoms with Gasteiger partial charge in [0.25, 0.3) is 0 Å². The Labute approximate surface area is 212 Å². The molecule has 1 fully saturated rings. The van der Waals surface area contributed by atoms with Gasteiger partial charge in [-0.05, 0) is 39.7 Å². The van der Waals surface area contributed by atoms with Crippen molar-refractivity contribution < 1.29 is 36.7 Å². The molecule has 1 saturated heterocycles. The number of nitrogens with zero attached hydrogens (tertiary/aromatic N) is 2. The molecular formula is C23H26BClF3N3O5. The van der Waals surface area contributed by atoms with E-state index in [-0.39, 0.29) is 40.7 Å². The molecule has 13 heteroatoms. The summed E-state index contributed by atoms with van der Waals surface area (Å²) in [5.41, 5.74) is 0.445. The minimum Gasteiger partial charge on any atom is -0.491 e. The number of benzene rings is 1. The number of aromatic nitrogens is 2. The molecule has 0 unspecified atom stereocenters. The van der Waals surface area contributed by atoms with Crippen LogP contribution in [0.15, 0.2) is 12.3 Å². The lowest BCUT2D eigenvalue weighted by Gasteiger charge is -2.32. The van der Waals surface area contributed by atoms with Gasteiger partial charge in [-0.25, -0.2) is 4.98 Å². The van der Waals surface area contributed by atoms with Crippen molar-refractivity contribution in [2.75, 3.05) is 11.9 Å². The standard InChI is InChI=1S/C23H26BClF3N3O5/c1-11(2)16-13(24-35-21(3,4)22(5,6)36-24)10-29-20(31-16)34-17-12-7-8-33-18(12)15(9-14(17)25)30-19(32)23(26,27)28/h9-11H,7-8H2,1-6H3,(H,30,32). The van der Waals surface area contributed by atoms with Crippen LogP contribution >= 0.6 is 11.6 Å². The minimum atomic E-state index is -5.06. The number of ether oxygens (including phenoxy) is 2. The van der Waals surface area contributed by atoms with Gasteiger partial charge < -0.3 is 24.1 Å². The molecule has 0 spiro atoms. The smallest absolute Gasteiger partial charge is 0.491 e. The van der Waals surface area contributed by atoms with Gasteiger partial charge in [0.05, 0.1) is 28.5 Å². The van der Waals surface area contributed by atoms with Gasteiger partial charge >= 0.3 is 25.2 Å². The van der Waals surface area contributed by atoms with Crippen LogP contribution in [0, 0.1) is 0 Å². The molecule has 0 atom stereocenters. The molecule has 3 heterocycles. The van der Waals surface area contributed by atoms with Gasteiger partial charge in [-0.2, -0.15) is 18.2 Å². The number of rotatable bonds is 5. The van der Waals surface area contributed by atoms with E-state index >= 15 is 0 Å². The highest BCUT2D eigenvalue weighted by atomic mass is 35.5. The Balaban J connectivity index is 1.66. The van der Waals surface area contributed by atoms with Crippen molar-refractivity contribution in [2.24, 2.45) is 0 Å². The number of fused-ring (bicyclic) bond motifs is 1. The minimum absolute atomic E-state index is 0.0120. The maximum absolute atomic E-state index is 12.7. The van der Waals surface area contributed by atoms with E-state index in [1.807, 2.05) is 41.5 Å². The third-order valence-electron chi connectivity index (χ3n) is 6.46. The number of amides is 1. The molecule has 0 aliphatic carbocycles. The monoisotopic (exact) mass is 527 g/mol. The molecule has 2 aromatic rings. The van der Waals surface area contributed by atoms with Crippen LogP contribution in [0.5, 0.6) is 17.5 Å². The van der Waals surface area contributed by atoms with E-state index in [0.29, 0.717) is 23.1 Å². The summed E-state index contributed by atoms with van der Waals surface area (Å²) < 4.78 is 61.9. The molecule has 1 amide bonds. The number of anilines is 1. The number of halogens is 4. The second-order valence-corrected chi connectivity index (χ2v) is 10.3. The van der Waals surface area contributed by atoms with Crippen molar-refractivity contribution in [3.05, 3.63) is 28.5 Å². The molecule has 1 aromatic carbocycles. The van der Waals surface area contributed by atoms with Crippen LogP contribution in [-0.2, 0) is 20.5 Å². The first-order chi connectivity index (χ1) is 16.6. The van der Waals surface area contributed by atoms with Gasteiger partial charge in [-0.1, -0.05) is 25.4 Å². The molecule has 36 heavy (non-hydrogen) atoms. The van der Waals surface area contributed by atoms with E-state index in [4.69, 9.17) is 30.4 Å². The fraction of sp³-hybridized carbons (Fsp3) is 0.522. The fourth-order valence-electron chi connectivity index (χ4n) is 3.85. The van der Waals surface area contributed by atoms with E-state index in [1.54, 1.807) is 11.5 Å². The van der Waals surface area contributed by atoms with E-state index in [0.717, 1.165) is 6.07 Å². The van der Waals surface area contributed by atoms with Gasteiger partial charge in [0.15, 0.2) is 5.75 Å². The molecule has 0 bridgehead atoms. The van der Waals surface area contributed by atoms with Crippen LogP contribution in [0.25, 0.3) is 0 Å². The average Bonchev–Trinajstić information content (AvgIpc) is 3.32. The lowest BCUT2D eigenvalue weighted by atomic mass is 9.77. The number of hydrogen-bond acceptors (Lipinski definition) is 7. The van der Waals surface area contributed by atoms with Crippen LogP contribution in [0.1, 0.15) is 58.7 Å². The van der Waals surface area contributed by atoms with Crippen molar-refractivity contribution >= 4 is 35.8 Å². The molecule has 1 aromatic heterocycles. The highest BCUT2D eigenvalue weighted by Gasteiger charge is 2.52. The highest BCUT2D eigenvalue weighted by Crippen LogP contribution is 2.46. The maximum Gasteiger partial charge on any atom is 0.498 e. The highest BCUT2D eigenvalue weighted by molar-refractivity contribution is 6.62. The summed E-state index contributed by atoms with van der Waals surface area (Å²) in [5.74, 6) is -1.96. The maximum atomic E-state index is 12.7. The van der Waals surface area contributed by atoms with E-state index < -0.39 is 30.4 Å². The Morgan fingerprint density at radius 2 is 1.86 bits per heavy atom. The van der Waals surface area contributed by atoms with Crippen molar-refractivity contribution in [3.63, 3.8) is 0 Å². The fourth-order valence-corrected chi connectivity index (χ4v) is 4.11. The van der Waals surface area contributed by atoms with Gasteiger partial charge in [-0.15, -0.1) is 0 Å². The molecule has 0 saturated carbocycles. The van der Waals surface area contributed by atoms with Crippen molar-refractivity contribution in [3.8, 4) is 17.5 Å². The summed E-state index contributed by atoms with van der Waals surface area (Å²) in [6.07, 6.45) is -3.18. The van der Waals surface area contributed by atoms with Crippen LogP contribution in [-0.4, -0.2) is 47.0 Å². The molecule has 0 radical (unpaired) electrons. The molecule has 4 rings (SSSR count). The molecule has 2 aliphatic rings. The zero-order chi connectivity index (χ0) is 26.6. The number of carbonyl (C=O) groups is 1. The summed E-state index contributed by atoms with van der Waals surface area (Å²) in [5, 5.41) is 1.78. The third kappa shape index (κ3) is 4.86. The first kappa shape index (κ1) is 26.5. The Kier molecular flexibility index (Phi) is 6.68. The van der Waals surface area contributed by atoms with E-state index in [2.05, 4.69) is 9.97 Å². The van der Waals surface area contributed by atoms with Gasteiger partial charge in [0, 0.05) is 29.3 Å². The van der Waals surface area contributed by atoms with E-state index in [9.17, 15) is 18.0 Å². The van der Waals surface area contributed by atoms with Gasteiger partial charge in [-0.3, -0.25) is 4.79 Å². The van der Waals surface area contributed by atoms with Crippen molar-refractivity contribution in [1.82, 2.24) is 9.97 Å². The Hall–Kier alpha value is -2.57. The SMILES string of the molecule is CC(C)c1nc(Oc2c(Cl)cc(NC(=O)C(F)(F)F)c3c2CCO3)ncc1B1OC(C)(C)C(C)(C)O1. The Morgan fingerprint density at radius 3 is 2.44 bits per heavy atom.